The number of aryl methyl sites for hydroxylation is 1. The zero-order valence-electron chi connectivity index (χ0n) is 15.2. The van der Waals surface area contributed by atoms with Crippen molar-refractivity contribution >= 4 is 28.4 Å². The number of benzene rings is 1. The second-order valence-electron chi connectivity index (χ2n) is 6.14. The Kier molecular flexibility index (Phi) is 4.44. The first kappa shape index (κ1) is 17.6. The highest BCUT2D eigenvalue weighted by Crippen LogP contribution is 2.23. The number of nitrogens with zero attached hydrogens (tertiary/aromatic N) is 4. The van der Waals surface area contributed by atoms with Crippen LogP contribution >= 0.6 is 0 Å². The van der Waals surface area contributed by atoms with E-state index in [-0.39, 0.29) is 11.4 Å². The van der Waals surface area contributed by atoms with Crippen LogP contribution in [-0.4, -0.2) is 32.8 Å². The van der Waals surface area contributed by atoms with Gasteiger partial charge in [0.05, 0.1) is 24.0 Å². The molecule has 28 heavy (non-hydrogen) atoms. The van der Waals surface area contributed by atoms with Gasteiger partial charge in [-0.05, 0) is 37.3 Å². The molecule has 0 fully saturated rings. The average molecular weight is 377 g/mol. The van der Waals surface area contributed by atoms with Gasteiger partial charge in [0.15, 0.2) is 5.69 Å². The summed E-state index contributed by atoms with van der Waals surface area (Å²) in [7, 11) is 1.28. The minimum Gasteiger partial charge on any atom is -0.464 e. The zero-order chi connectivity index (χ0) is 19.7. The molecule has 3 heterocycles. The first-order chi connectivity index (χ1) is 13.5. The number of hydrogen-bond donors (Lipinski definition) is 1. The molecule has 0 saturated heterocycles. The third-order valence-corrected chi connectivity index (χ3v) is 4.18. The minimum atomic E-state index is -0.552. The fraction of sp³-hybridized carbons (Fsp3) is 0.100. The van der Waals surface area contributed by atoms with Crippen molar-refractivity contribution in [2.24, 2.45) is 0 Å². The van der Waals surface area contributed by atoms with Gasteiger partial charge in [0.25, 0.3) is 0 Å². The Morgan fingerprint density at radius 3 is 2.82 bits per heavy atom. The van der Waals surface area contributed by atoms with Crippen molar-refractivity contribution in [2.45, 2.75) is 6.92 Å². The topological polar surface area (TPSA) is 81.9 Å². The number of carbonyl (C=O) groups excluding carboxylic acids is 1. The zero-order valence-corrected chi connectivity index (χ0v) is 15.2. The SMILES string of the molecule is COC(=O)c1ccn(-c2ccc(Nc3cc4nc(C)ccc4cn3)c(F)c2)n1. The fourth-order valence-corrected chi connectivity index (χ4v) is 2.75. The van der Waals surface area contributed by atoms with E-state index in [9.17, 15) is 9.18 Å². The predicted octanol–water partition coefficient (Wildman–Crippen LogP) is 3.79. The highest BCUT2D eigenvalue weighted by Gasteiger charge is 2.12. The van der Waals surface area contributed by atoms with E-state index in [1.165, 1.54) is 23.9 Å². The third-order valence-electron chi connectivity index (χ3n) is 4.18. The number of fused-ring (bicyclic) bond motifs is 1. The summed E-state index contributed by atoms with van der Waals surface area (Å²) in [6.07, 6.45) is 3.25. The Balaban J connectivity index is 1.60. The molecule has 7 nitrogen and oxygen atoms in total. The van der Waals surface area contributed by atoms with Crippen molar-refractivity contribution < 1.29 is 13.9 Å². The van der Waals surface area contributed by atoms with E-state index in [1.54, 1.807) is 30.6 Å². The Hall–Kier alpha value is -3.81. The molecule has 140 valence electrons. The Bertz CT molecular complexity index is 1190. The van der Waals surface area contributed by atoms with E-state index < -0.39 is 11.8 Å². The summed E-state index contributed by atoms with van der Waals surface area (Å²) in [5.41, 5.74) is 2.56. The maximum absolute atomic E-state index is 14.6. The van der Waals surface area contributed by atoms with Gasteiger partial charge in [0.2, 0.25) is 0 Å². The van der Waals surface area contributed by atoms with Crippen LogP contribution in [0.5, 0.6) is 0 Å². The van der Waals surface area contributed by atoms with Crippen molar-refractivity contribution in [1.82, 2.24) is 19.7 Å². The molecule has 0 atom stereocenters. The molecule has 0 saturated carbocycles. The van der Waals surface area contributed by atoms with Crippen molar-refractivity contribution in [3.05, 3.63) is 72.1 Å². The number of ether oxygens (including phenoxy) is 1. The Labute approximate surface area is 159 Å². The molecule has 1 N–H and O–H groups in total. The van der Waals surface area contributed by atoms with Crippen molar-refractivity contribution in [3.8, 4) is 5.69 Å². The molecular weight excluding hydrogens is 361 g/mol. The summed E-state index contributed by atoms with van der Waals surface area (Å²) in [6, 6.07) is 11.7. The van der Waals surface area contributed by atoms with Crippen LogP contribution in [0.3, 0.4) is 0 Å². The number of methoxy groups -OCH3 is 1. The standard InChI is InChI=1S/C20H16FN5O2/c1-12-3-4-13-11-22-19(10-18(13)23-12)24-16-6-5-14(9-15(16)21)26-8-7-17(25-26)20(27)28-2/h3-11H,1-2H3,(H,22,24). The van der Waals surface area contributed by atoms with E-state index in [2.05, 4.69) is 25.1 Å². The average Bonchev–Trinajstić information content (AvgIpc) is 3.19. The van der Waals surface area contributed by atoms with Crippen molar-refractivity contribution in [1.29, 1.82) is 0 Å². The molecule has 0 aliphatic rings. The number of pyridine rings is 2. The molecule has 0 aliphatic heterocycles. The summed E-state index contributed by atoms with van der Waals surface area (Å²) in [4.78, 5) is 20.3. The third kappa shape index (κ3) is 3.39. The highest BCUT2D eigenvalue weighted by molar-refractivity contribution is 5.87. The van der Waals surface area contributed by atoms with Gasteiger partial charge in [0.1, 0.15) is 11.6 Å². The molecule has 0 spiro atoms. The van der Waals surface area contributed by atoms with Gasteiger partial charge < -0.3 is 10.1 Å². The monoisotopic (exact) mass is 377 g/mol. The van der Waals surface area contributed by atoms with Crippen LogP contribution in [0.15, 0.2) is 54.9 Å². The number of carbonyl (C=O) groups is 1. The summed E-state index contributed by atoms with van der Waals surface area (Å²) in [5, 5.41) is 7.96. The Morgan fingerprint density at radius 1 is 1.18 bits per heavy atom. The van der Waals surface area contributed by atoms with Crippen LogP contribution in [0.4, 0.5) is 15.9 Å². The first-order valence-corrected chi connectivity index (χ1v) is 8.48. The molecule has 4 rings (SSSR count). The summed E-state index contributed by atoms with van der Waals surface area (Å²) >= 11 is 0. The van der Waals surface area contributed by atoms with Crippen molar-refractivity contribution in [2.75, 3.05) is 12.4 Å². The van der Waals surface area contributed by atoms with Gasteiger partial charge in [-0.2, -0.15) is 5.10 Å². The lowest BCUT2D eigenvalue weighted by molar-refractivity contribution is 0.0593. The quantitative estimate of drug-likeness (QED) is 0.545. The minimum absolute atomic E-state index is 0.147. The van der Waals surface area contributed by atoms with Crippen LogP contribution < -0.4 is 5.32 Å². The molecule has 4 aromatic rings. The molecule has 0 unspecified atom stereocenters. The molecule has 3 aromatic heterocycles. The summed E-state index contributed by atoms with van der Waals surface area (Å²) in [6.45, 7) is 1.91. The molecule has 0 amide bonds. The second kappa shape index (κ2) is 7.07. The van der Waals surface area contributed by atoms with Gasteiger partial charge in [-0.15, -0.1) is 0 Å². The van der Waals surface area contributed by atoms with Gasteiger partial charge in [-0.1, -0.05) is 0 Å². The smallest absolute Gasteiger partial charge is 0.358 e. The Morgan fingerprint density at radius 2 is 2.04 bits per heavy atom. The number of nitrogens with one attached hydrogen (secondary N) is 1. The van der Waals surface area contributed by atoms with Crippen LogP contribution in [0.25, 0.3) is 16.6 Å². The summed E-state index contributed by atoms with van der Waals surface area (Å²) in [5.74, 6) is -0.542. The number of halogens is 1. The predicted molar refractivity (Wildman–Crippen MR) is 102 cm³/mol. The maximum Gasteiger partial charge on any atom is 0.358 e. The molecule has 0 radical (unpaired) electrons. The maximum atomic E-state index is 14.6. The molecular formula is C20H16FN5O2. The molecule has 1 aromatic carbocycles. The number of rotatable bonds is 4. The second-order valence-corrected chi connectivity index (χ2v) is 6.14. The van der Waals surface area contributed by atoms with Crippen molar-refractivity contribution in [3.63, 3.8) is 0 Å². The van der Waals surface area contributed by atoms with Gasteiger partial charge in [-0.25, -0.2) is 18.9 Å². The van der Waals surface area contributed by atoms with Crippen LogP contribution in [0.2, 0.25) is 0 Å². The molecule has 0 bridgehead atoms. The van der Waals surface area contributed by atoms with Crippen LogP contribution in [0, 0.1) is 12.7 Å². The number of esters is 1. The van der Waals surface area contributed by atoms with Crippen LogP contribution in [-0.2, 0) is 4.74 Å². The molecule has 8 heteroatoms. The van der Waals surface area contributed by atoms with Gasteiger partial charge in [0, 0.05) is 35.6 Å². The number of aromatic nitrogens is 4. The first-order valence-electron chi connectivity index (χ1n) is 8.48. The molecule has 0 aliphatic carbocycles. The van der Waals surface area contributed by atoms with Gasteiger partial charge >= 0.3 is 5.97 Å². The lowest BCUT2D eigenvalue weighted by atomic mass is 10.2. The van der Waals surface area contributed by atoms with E-state index in [1.807, 2.05) is 19.1 Å². The number of anilines is 2. The lowest BCUT2D eigenvalue weighted by Gasteiger charge is -2.09. The van der Waals surface area contributed by atoms with E-state index >= 15 is 0 Å². The van der Waals surface area contributed by atoms with E-state index in [0.717, 1.165) is 16.6 Å². The van der Waals surface area contributed by atoms with E-state index in [4.69, 9.17) is 0 Å². The normalized spacial score (nSPS) is 10.8. The lowest BCUT2D eigenvalue weighted by Crippen LogP contribution is -2.04. The van der Waals surface area contributed by atoms with Crippen LogP contribution in [0.1, 0.15) is 16.2 Å². The van der Waals surface area contributed by atoms with Gasteiger partial charge in [-0.3, -0.25) is 4.98 Å². The summed E-state index contributed by atoms with van der Waals surface area (Å²) < 4.78 is 20.6. The number of hydrogen-bond acceptors (Lipinski definition) is 6. The van der Waals surface area contributed by atoms with E-state index in [0.29, 0.717) is 11.5 Å². The highest BCUT2D eigenvalue weighted by atomic mass is 19.1. The fourth-order valence-electron chi connectivity index (χ4n) is 2.75. The largest absolute Gasteiger partial charge is 0.464 e.